The van der Waals surface area contributed by atoms with E-state index in [9.17, 15) is 4.79 Å². The lowest BCUT2D eigenvalue weighted by Gasteiger charge is -2.70. The third-order valence-corrected chi connectivity index (χ3v) is 5.88. The summed E-state index contributed by atoms with van der Waals surface area (Å²) in [6.45, 7) is 4.82. The number of anilines is 4. The van der Waals surface area contributed by atoms with Crippen LogP contribution in [0.1, 0.15) is 43.5 Å². The molecule has 2 bridgehead atoms. The Hall–Kier alpha value is -2.94. The summed E-state index contributed by atoms with van der Waals surface area (Å²) < 4.78 is 0. The molecule has 1 amide bonds. The van der Waals surface area contributed by atoms with Crippen LogP contribution in [0.4, 0.5) is 23.3 Å². The van der Waals surface area contributed by atoms with Crippen LogP contribution in [-0.4, -0.2) is 53.3 Å². The van der Waals surface area contributed by atoms with E-state index in [1.165, 1.54) is 0 Å². The highest BCUT2D eigenvalue weighted by Gasteiger charge is 2.67. The number of amides is 1. The first-order valence-electron chi connectivity index (χ1n) is 10.3. The summed E-state index contributed by atoms with van der Waals surface area (Å²) >= 11 is 0. The van der Waals surface area contributed by atoms with Crippen molar-refractivity contribution in [2.45, 2.75) is 44.7 Å². The van der Waals surface area contributed by atoms with Gasteiger partial charge < -0.3 is 26.6 Å². The minimum atomic E-state index is -0.270. The van der Waals surface area contributed by atoms with Gasteiger partial charge in [0.15, 0.2) is 11.6 Å². The van der Waals surface area contributed by atoms with E-state index in [-0.39, 0.29) is 22.9 Å². The fraction of sp³-hybridized carbons (Fsp3) is 0.524. The quantitative estimate of drug-likeness (QED) is 0.523. The van der Waals surface area contributed by atoms with Crippen LogP contribution < -0.4 is 26.6 Å². The van der Waals surface area contributed by atoms with Crippen LogP contribution in [-0.2, 0) is 0 Å². The SMILES string of the molecule is CC(C)Nc1ccc(C(=O)Nc2ccc(N(C)C)nn2)c(NC23CC(CN)(C2)C3)n1. The van der Waals surface area contributed by atoms with Gasteiger partial charge in [0.2, 0.25) is 0 Å². The molecule has 0 radical (unpaired) electrons. The molecule has 0 spiro atoms. The minimum absolute atomic E-state index is 0.00498. The average Bonchev–Trinajstić information content (AvgIpc) is 2.63. The van der Waals surface area contributed by atoms with Crippen molar-refractivity contribution < 1.29 is 4.79 Å². The zero-order valence-corrected chi connectivity index (χ0v) is 18.0. The molecule has 5 N–H and O–H groups in total. The summed E-state index contributed by atoms with van der Waals surface area (Å²) in [5, 5.41) is 17.9. The Balaban J connectivity index is 1.54. The number of aromatic nitrogens is 3. The Labute approximate surface area is 176 Å². The molecule has 0 atom stereocenters. The number of rotatable bonds is 8. The molecule has 30 heavy (non-hydrogen) atoms. The Morgan fingerprint density at radius 3 is 2.40 bits per heavy atom. The van der Waals surface area contributed by atoms with Crippen LogP contribution in [0.2, 0.25) is 0 Å². The maximum atomic E-state index is 13.0. The molecule has 0 aliphatic heterocycles. The Morgan fingerprint density at radius 2 is 1.83 bits per heavy atom. The largest absolute Gasteiger partial charge is 0.368 e. The highest BCUT2D eigenvalue weighted by Crippen LogP contribution is 2.67. The summed E-state index contributed by atoms with van der Waals surface area (Å²) in [6.07, 6.45) is 3.08. The van der Waals surface area contributed by atoms with Gasteiger partial charge in [0, 0.05) is 25.7 Å². The van der Waals surface area contributed by atoms with E-state index in [4.69, 9.17) is 10.7 Å². The van der Waals surface area contributed by atoms with Gasteiger partial charge >= 0.3 is 0 Å². The van der Waals surface area contributed by atoms with Crippen molar-refractivity contribution in [1.82, 2.24) is 15.2 Å². The number of nitrogens with two attached hydrogens (primary N) is 1. The number of hydrogen-bond acceptors (Lipinski definition) is 8. The van der Waals surface area contributed by atoms with E-state index < -0.39 is 0 Å². The first-order valence-corrected chi connectivity index (χ1v) is 10.3. The molecule has 3 saturated carbocycles. The standard InChI is InChI=1S/C21H30N8O/c1-13(2)23-15-6-5-14(18(24-15)26-21-9-20(10-21,11-21)12-22)19(30)25-16-7-8-17(28-27-16)29(3)4/h5-8,13H,9-12,22H2,1-4H3,(H2,23,24,26)(H,25,27,30). The summed E-state index contributed by atoms with van der Waals surface area (Å²) in [7, 11) is 3.77. The summed E-state index contributed by atoms with van der Waals surface area (Å²) in [4.78, 5) is 19.5. The molecule has 0 saturated heterocycles. The molecule has 5 rings (SSSR count). The van der Waals surface area contributed by atoms with Crippen molar-refractivity contribution in [3.63, 3.8) is 0 Å². The minimum Gasteiger partial charge on any atom is -0.368 e. The molecule has 2 aromatic heterocycles. The van der Waals surface area contributed by atoms with Crippen molar-refractivity contribution in [3.05, 3.63) is 29.8 Å². The first kappa shape index (κ1) is 20.3. The maximum absolute atomic E-state index is 13.0. The number of nitrogens with zero attached hydrogens (tertiary/aromatic N) is 4. The van der Waals surface area contributed by atoms with Gasteiger partial charge in [-0.1, -0.05) is 0 Å². The molecule has 0 unspecified atom stereocenters. The van der Waals surface area contributed by atoms with Crippen molar-refractivity contribution in [1.29, 1.82) is 0 Å². The lowest BCUT2D eigenvalue weighted by Crippen LogP contribution is -2.73. The molecule has 9 heteroatoms. The molecule has 3 aliphatic carbocycles. The topological polar surface area (TPSA) is 121 Å². The lowest BCUT2D eigenvalue weighted by atomic mass is 9.39. The number of carbonyl (C=O) groups is 1. The van der Waals surface area contributed by atoms with Crippen LogP contribution in [0.15, 0.2) is 24.3 Å². The van der Waals surface area contributed by atoms with Gasteiger partial charge in [0.25, 0.3) is 5.91 Å². The van der Waals surface area contributed by atoms with Crippen LogP contribution in [0, 0.1) is 5.41 Å². The molecular weight excluding hydrogens is 380 g/mol. The second kappa shape index (κ2) is 7.39. The fourth-order valence-electron chi connectivity index (χ4n) is 4.53. The van der Waals surface area contributed by atoms with E-state index in [0.717, 1.165) is 30.9 Å². The molecule has 160 valence electrons. The number of nitrogens with one attached hydrogen (secondary N) is 3. The molecule has 0 aromatic carbocycles. The summed E-state index contributed by atoms with van der Waals surface area (Å²) in [5.74, 6) is 2.17. The van der Waals surface area contributed by atoms with Gasteiger partial charge in [-0.2, -0.15) is 0 Å². The number of hydrogen-bond donors (Lipinski definition) is 4. The van der Waals surface area contributed by atoms with Crippen LogP contribution in [0.3, 0.4) is 0 Å². The van der Waals surface area contributed by atoms with Gasteiger partial charge in [0.1, 0.15) is 11.6 Å². The Kier molecular flexibility index (Phi) is 5.01. The van der Waals surface area contributed by atoms with Crippen LogP contribution in [0.25, 0.3) is 0 Å². The highest BCUT2D eigenvalue weighted by atomic mass is 16.1. The van der Waals surface area contributed by atoms with Crippen molar-refractivity contribution in [2.75, 3.05) is 41.5 Å². The van der Waals surface area contributed by atoms with E-state index in [1.54, 1.807) is 12.1 Å². The monoisotopic (exact) mass is 410 g/mol. The van der Waals surface area contributed by atoms with Gasteiger partial charge in [-0.15, -0.1) is 10.2 Å². The highest BCUT2D eigenvalue weighted by molar-refractivity contribution is 6.07. The molecule has 9 nitrogen and oxygen atoms in total. The number of pyridine rings is 1. The predicted octanol–water partition coefficient (Wildman–Crippen LogP) is 2.30. The van der Waals surface area contributed by atoms with E-state index >= 15 is 0 Å². The normalized spacial score (nSPS) is 23.9. The fourth-order valence-corrected chi connectivity index (χ4v) is 4.53. The first-order chi connectivity index (χ1) is 14.2. The third-order valence-electron chi connectivity index (χ3n) is 5.88. The molecule has 3 fully saturated rings. The lowest BCUT2D eigenvalue weighted by molar-refractivity contribution is -0.108. The number of carbonyl (C=O) groups excluding carboxylic acids is 1. The average molecular weight is 411 g/mol. The summed E-state index contributed by atoms with van der Waals surface area (Å²) in [6, 6.07) is 7.41. The van der Waals surface area contributed by atoms with Crippen LogP contribution in [0.5, 0.6) is 0 Å². The van der Waals surface area contributed by atoms with Gasteiger partial charge in [-0.05, 0) is 69.3 Å². The summed E-state index contributed by atoms with van der Waals surface area (Å²) in [5.41, 5.74) is 6.67. The molecular formula is C21H30N8O. The van der Waals surface area contributed by atoms with E-state index in [0.29, 0.717) is 23.7 Å². The molecule has 3 aliphatic rings. The van der Waals surface area contributed by atoms with E-state index in [2.05, 4.69) is 40.0 Å². The second-order valence-corrected chi connectivity index (χ2v) is 9.16. The molecule has 2 heterocycles. The van der Waals surface area contributed by atoms with Crippen molar-refractivity contribution in [2.24, 2.45) is 11.1 Å². The zero-order valence-electron chi connectivity index (χ0n) is 18.0. The predicted molar refractivity (Wildman–Crippen MR) is 119 cm³/mol. The Morgan fingerprint density at radius 1 is 1.13 bits per heavy atom. The zero-order chi connectivity index (χ0) is 21.5. The third kappa shape index (κ3) is 3.77. The van der Waals surface area contributed by atoms with Gasteiger partial charge in [0.05, 0.1) is 5.56 Å². The Bertz CT molecular complexity index is 921. The maximum Gasteiger partial charge on any atom is 0.260 e. The van der Waals surface area contributed by atoms with Gasteiger partial charge in [-0.3, -0.25) is 4.79 Å². The second-order valence-electron chi connectivity index (χ2n) is 9.16. The van der Waals surface area contributed by atoms with Crippen molar-refractivity contribution >= 4 is 29.2 Å². The molecule has 2 aromatic rings. The van der Waals surface area contributed by atoms with Gasteiger partial charge in [-0.25, -0.2) is 4.98 Å². The van der Waals surface area contributed by atoms with Crippen molar-refractivity contribution in [3.8, 4) is 0 Å². The smallest absolute Gasteiger partial charge is 0.260 e. The van der Waals surface area contributed by atoms with E-state index in [1.807, 2.05) is 31.1 Å². The van der Waals surface area contributed by atoms with Crippen LogP contribution >= 0.6 is 0 Å².